The molecule has 2 aromatic rings. The van der Waals surface area contributed by atoms with E-state index in [1.165, 1.54) is 10.4 Å². The first kappa shape index (κ1) is 10.9. The van der Waals surface area contributed by atoms with E-state index in [-0.39, 0.29) is 0 Å². The Morgan fingerprint density at radius 2 is 1.56 bits per heavy atom. The van der Waals surface area contributed by atoms with Gasteiger partial charge in [-0.25, -0.2) is 0 Å². The Bertz CT molecular complexity index is 420. The summed E-state index contributed by atoms with van der Waals surface area (Å²) in [6, 6.07) is 22.0. The number of rotatable bonds is 3. The molecule has 0 aromatic heterocycles. The van der Waals surface area contributed by atoms with Crippen molar-refractivity contribution in [3.8, 4) is 0 Å². The molecule has 1 unspecified atom stereocenters. The maximum Gasteiger partial charge on any atom is 0.137 e. The van der Waals surface area contributed by atoms with Gasteiger partial charge < -0.3 is 0 Å². The van der Waals surface area contributed by atoms with Crippen LogP contribution in [0.4, 0.5) is 0 Å². The van der Waals surface area contributed by atoms with Crippen LogP contribution in [0.1, 0.15) is 0 Å². The summed E-state index contributed by atoms with van der Waals surface area (Å²) in [5, 5.41) is 2.78. The van der Waals surface area contributed by atoms with Crippen LogP contribution in [0, 0.1) is 6.07 Å². The molecule has 0 saturated carbocycles. The van der Waals surface area contributed by atoms with Crippen LogP contribution in [0.3, 0.4) is 0 Å². The molecule has 16 heavy (non-hydrogen) atoms. The van der Waals surface area contributed by atoms with E-state index in [9.17, 15) is 0 Å². The molecule has 0 nitrogen and oxygen atoms in total. The van der Waals surface area contributed by atoms with Gasteiger partial charge in [-0.3, -0.25) is 0 Å². The quantitative estimate of drug-likeness (QED) is 0.701. The fourth-order valence-electron chi connectivity index (χ4n) is 1.92. The Balaban J connectivity index is 2.53. The molecule has 0 saturated heterocycles. The molecule has 0 heterocycles. The third-order valence-corrected chi connectivity index (χ3v) is 6.98. The van der Waals surface area contributed by atoms with Gasteiger partial charge >= 0.3 is 0 Å². The zero-order valence-corrected chi connectivity index (χ0v) is 10.5. The lowest BCUT2D eigenvalue weighted by molar-refractivity contribution is 1.69. The number of benzene rings is 2. The summed E-state index contributed by atoms with van der Waals surface area (Å²) < 4.78 is 0. The molecule has 0 spiro atoms. The fourth-order valence-corrected chi connectivity index (χ4v) is 4.47. The van der Waals surface area contributed by atoms with Gasteiger partial charge in [0.25, 0.3) is 0 Å². The highest BCUT2D eigenvalue weighted by Gasteiger charge is 2.27. The smallest absolute Gasteiger partial charge is 0.106 e. The Kier molecular flexibility index (Phi) is 3.06. The molecule has 0 aliphatic rings. The molecular formula is C15H15Si. The molecular weight excluding hydrogens is 208 g/mol. The third-order valence-electron chi connectivity index (χ3n) is 3.10. The highest BCUT2D eigenvalue weighted by molar-refractivity contribution is 7.04. The van der Waals surface area contributed by atoms with Crippen molar-refractivity contribution in [3.05, 3.63) is 72.9 Å². The second-order valence-electron chi connectivity index (χ2n) is 4.06. The van der Waals surface area contributed by atoms with Gasteiger partial charge in [0.05, 0.1) is 0 Å². The highest BCUT2D eigenvalue weighted by atomic mass is 28.3. The number of hydrogen-bond acceptors (Lipinski definition) is 0. The normalized spacial score (nSPS) is 11.1. The van der Waals surface area contributed by atoms with Crippen molar-refractivity contribution in [2.24, 2.45) is 0 Å². The average Bonchev–Trinajstić information content (AvgIpc) is 2.40. The minimum Gasteiger partial charge on any atom is -0.106 e. The first-order chi connectivity index (χ1) is 7.77. The van der Waals surface area contributed by atoms with Gasteiger partial charge in [-0.2, -0.15) is 0 Å². The predicted molar refractivity (Wildman–Crippen MR) is 72.8 cm³/mol. The highest BCUT2D eigenvalue weighted by Crippen LogP contribution is 2.05. The summed E-state index contributed by atoms with van der Waals surface area (Å²) in [6.45, 7) is 6.36. The van der Waals surface area contributed by atoms with Gasteiger partial charge in [0.15, 0.2) is 0 Å². The molecule has 1 heteroatoms. The van der Waals surface area contributed by atoms with E-state index in [4.69, 9.17) is 0 Å². The molecule has 1 atom stereocenters. The summed E-state index contributed by atoms with van der Waals surface area (Å²) >= 11 is 0. The second kappa shape index (κ2) is 4.50. The topological polar surface area (TPSA) is 0 Å². The van der Waals surface area contributed by atoms with E-state index in [0.717, 1.165) is 0 Å². The summed E-state index contributed by atoms with van der Waals surface area (Å²) in [5.41, 5.74) is 2.14. The molecule has 79 valence electrons. The zero-order chi connectivity index (χ0) is 11.4. The molecule has 2 rings (SSSR count). The molecule has 0 aliphatic carbocycles. The van der Waals surface area contributed by atoms with E-state index < -0.39 is 8.07 Å². The Morgan fingerprint density at radius 3 is 2.12 bits per heavy atom. The van der Waals surface area contributed by atoms with Crippen molar-refractivity contribution < 1.29 is 0 Å². The monoisotopic (exact) mass is 223 g/mol. The van der Waals surface area contributed by atoms with Gasteiger partial charge in [0.1, 0.15) is 8.07 Å². The van der Waals surface area contributed by atoms with Gasteiger partial charge in [0, 0.05) is 0 Å². The van der Waals surface area contributed by atoms with Gasteiger partial charge in [-0.05, 0) is 6.07 Å². The summed E-state index contributed by atoms with van der Waals surface area (Å²) in [5.74, 6) is 0. The van der Waals surface area contributed by atoms with Gasteiger partial charge in [-0.1, -0.05) is 77.2 Å². The lowest BCUT2D eigenvalue weighted by atomic mass is 10.4. The van der Waals surface area contributed by atoms with E-state index in [2.05, 4.69) is 67.4 Å². The average molecular weight is 223 g/mol. The minimum atomic E-state index is -1.73. The first-order valence-corrected chi connectivity index (χ1v) is 8.01. The minimum absolute atomic E-state index is 1.38. The summed E-state index contributed by atoms with van der Waals surface area (Å²) in [4.78, 5) is 0. The molecule has 2 aromatic carbocycles. The summed E-state index contributed by atoms with van der Waals surface area (Å²) in [6.07, 6.45) is 0. The Labute approximate surface area is 98.3 Å². The molecule has 0 amide bonds. The fraction of sp³-hybridized carbons (Fsp3) is 0.0667. The van der Waals surface area contributed by atoms with Crippen LogP contribution in [0.25, 0.3) is 0 Å². The largest absolute Gasteiger partial charge is 0.137 e. The molecule has 0 fully saturated rings. The van der Waals surface area contributed by atoms with Crippen LogP contribution in [-0.2, 0) is 0 Å². The lowest BCUT2D eigenvalue weighted by Gasteiger charge is -2.24. The van der Waals surface area contributed by atoms with Crippen LogP contribution in [-0.4, -0.2) is 8.07 Å². The maximum absolute atomic E-state index is 4.04. The Morgan fingerprint density at radius 1 is 1.00 bits per heavy atom. The molecule has 0 bridgehead atoms. The lowest BCUT2D eigenvalue weighted by Crippen LogP contribution is -2.54. The van der Waals surface area contributed by atoms with E-state index >= 15 is 0 Å². The van der Waals surface area contributed by atoms with E-state index in [1.807, 2.05) is 12.1 Å². The molecule has 0 aliphatic heterocycles. The SMILES string of the molecule is C=C[Si](C)(c1cc[c]cc1)c1ccccc1. The van der Waals surface area contributed by atoms with E-state index in [0.29, 0.717) is 0 Å². The molecule has 1 radical (unpaired) electrons. The third kappa shape index (κ3) is 1.86. The van der Waals surface area contributed by atoms with Crippen LogP contribution in [0.15, 0.2) is 66.9 Å². The standard InChI is InChI=1S/C15H15Si/c1-3-16(2,14-10-6-4-7-11-14)15-12-8-5-9-13-15/h3-4,6-13H,1H2,2H3. The molecule has 0 N–H and O–H groups in total. The Hall–Kier alpha value is -1.60. The maximum atomic E-state index is 4.04. The number of hydrogen-bond donors (Lipinski definition) is 0. The summed E-state index contributed by atoms with van der Waals surface area (Å²) in [7, 11) is -1.73. The van der Waals surface area contributed by atoms with Gasteiger partial charge in [-0.15, -0.1) is 6.58 Å². The van der Waals surface area contributed by atoms with Crippen LogP contribution < -0.4 is 10.4 Å². The van der Waals surface area contributed by atoms with Crippen molar-refractivity contribution in [1.82, 2.24) is 0 Å². The van der Waals surface area contributed by atoms with E-state index in [1.54, 1.807) is 0 Å². The van der Waals surface area contributed by atoms with Crippen molar-refractivity contribution in [2.75, 3.05) is 0 Å². The predicted octanol–water partition coefficient (Wildman–Crippen LogP) is 2.40. The van der Waals surface area contributed by atoms with Crippen molar-refractivity contribution in [3.63, 3.8) is 0 Å². The van der Waals surface area contributed by atoms with Crippen LogP contribution >= 0.6 is 0 Å². The van der Waals surface area contributed by atoms with Crippen molar-refractivity contribution in [1.29, 1.82) is 0 Å². The first-order valence-electron chi connectivity index (χ1n) is 5.43. The van der Waals surface area contributed by atoms with Crippen LogP contribution in [0.5, 0.6) is 0 Å². The second-order valence-corrected chi connectivity index (χ2v) is 8.03. The van der Waals surface area contributed by atoms with Crippen molar-refractivity contribution in [2.45, 2.75) is 6.55 Å². The van der Waals surface area contributed by atoms with Gasteiger partial charge in [0.2, 0.25) is 0 Å². The zero-order valence-electron chi connectivity index (χ0n) is 9.48. The van der Waals surface area contributed by atoms with Crippen molar-refractivity contribution >= 4 is 18.4 Å². The van der Waals surface area contributed by atoms with Crippen LogP contribution in [0.2, 0.25) is 6.55 Å².